The van der Waals surface area contributed by atoms with E-state index >= 15 is 0 Å². The Bertz CT molecular complexity index is 956. The van der Waals surface area contributed by atoms with Crippen molar-refractivity contribution in [3.63, 3.8) is 0 Å². The van der Waals surface area contributed by atoms with Crippen molar-refractivity contribution in [2.24, 2.45) is 7.05 Å². The van der Waals surface area contributed by atoms with Crippen LogP contribution in [0.3, 0.4) is 0 Å². The van der Waals surface area contributed by atoms with Crippen molar-refractivity contribution < 1.29 is 22.9 Å². The molecule has 1 aromatic carbocycles. The van der Waals surface area contributed by atoms with E-state index in [9.17, 15) is 32.9 Å². The van der Waals surface area contributed by atoms with E-state index in [-0.39, 0.29) is 43.1 Å². The van der Waals surface area contributed by atoms with Crippen LogP contribution < -0.4 is 5.69 Å². The molecule has 0 aliphatic carbocycles. The molecule has 1 aromatic heterocycles. The SMILES string of the molecule is Cn1c(C(F)(F)F)nn(C2CCN(C(=O)c3ccc([N+](=O)[O-])cc3)CC2)c1=O. The van der Waals surface area contributed by atoms with Crippen LogP contribution in [0.5, 0.6) is 0 Å². The molecule has 2 heterocycles. The lowest BCUT2D eigenvalue weighted by Crippen LogP contribution is -2.41. The van der Waals surface area contributed by atoms with Gasteiger partial charge in [-0.15, -0.1) is 5.10 Å². The van der Waals surface area contributed by atoms with Crippen LogP contribution in [0.4, 0.5) is 18.9 Å². The summed E-state index contributed by atoms with van der Waals surface area (Å²) >= 11 is 0. The standard InChI is InChI=1S/C16H16F3N5O4/c1-21-14(16(17,18)19)20-23(15(21)26)11-6-8-22(9-7-11)13(25)10-2-4-12(5-3-10)24(27)28/h2-5,11H,6-9H2,1H3. The molecule has 1 saturated heterocycles. The molecule has 9 nitrogen and oxygen atoms in total. The van der Waals surface area contributed by atoms with E-state index in [1.165, 1.54) is 29.2 Å². The number of nitrogens with zero attached hydrogens (tertiary/aromatic N) is 5. The minimum absolute atomic E-state index is 0.134. The first-order valence-corrected chi connectivity index (χ1v) is 8.36. The fourth-order valence-corrected chi connectivity index (χ4v) is 3.16. The third kappa shape index (κ3) is 3.62. The Balaban J connectivity index is 1.70. The fourth-order valence-electron chi connectivity index (χ4n) is 3.16. The van der Waals surface area contributed by atoms with Gasteiger partial charge in [-0.2, -0.15) is 13.2 Å². The predicted molar refractivity (Wildman–Crippen MR) is 89.7 cm³/mol. The van der Waals surface area contributed by atoms with E-state index in [1.54, 1.807) is 0 Å². The predicted octanol–water partition coefficient (Wildman–Crippen LogP) is 1.99. The molecule has 0 saturated carbocycles. The van der Waals surface area contributed by atoms with Crippen LogP contribution in [-0.2, 0) is 13.2 Å². The van der Waals surface area contributed by atoms with Crippen molar-refractivity contribution in [3.8, 4) is 0 Å². The Hall–Kier alpha value is -3.18. The van der Waals surface area contributed by atoms with Gasteiger partial charge in [-0.25, -0.2) is 9.48 Å². The number of hydrogen-bond donors (Lipinski definition) is 0. The average Bonchev–Trinajstić information content (AvgIpc) is 2.97. The molecule has 1 fully saturated rings. The van der Waals surface area contributed by atoms with Gasteiger partial charge in [0.25, 0.3) is 11.6 Å². The molecule has 2 aromatic rings. The number of nitro benzene ring substituents is 1. The van der Waals surface area contributed by atoms with Crippen molar-refractivity contribution in [1.29, 1.82) is 0 Å². The van der Waals surface area contributed by atoms with Crippen molar-refractivity contribution in [1.82, 2.24) is 19.2 Å². The number of rotatable bonds is 3. The molecule has 0 bridgehead atoms. The maximum atomic E-state index is 12.9. The van der Waals surface area contributed by atoms with Gasteiger partial charge in [-0.05, 0) is 25.0 Å². The second kappa shape index (κ2) is 7.09. The highest BCUT2D eigenvalue weighted by Gasteiger charge is 2.39. The Morgan fingerprint density at radius 3 is 2.25 bits per heavy atom. The van der Waals surface area contributed by atoms with Crippen LogP contribution >= 0.6 is 0 Å². The first kappa shape index (κ1) is 19.6. The number of benzene rings is 1. The summed E-state index contributed by atoms with van der Waals surface area (Å²) in [5.41, 5.74) is -0.712. The number of alkyl halides is 3. The maximum absolute atomic E-state index is 12.9. The molecule has 28 heavy (non-hydrogen) atoms. The Kier molecular flexibility index (Phi) is 4.96. The van der Waals surface area contributed by atoms with Crippen LogP contribution in [0.15, 0.2) is 29.1 Å². The van der Waals surface area contributed by atoms with Gasteiger partial charge in [-0.1, -0.05) is 0 Å². The summed E-state index contributed by atoms with van der Waals surface area (Å²) in [6.07, 6.45) is -4.19. The number of halogens is 3. The van der Waals surface area contributed by atoms with Gasteiger partial charge < -0.3 is 4.90 Å². The number of hydrogen-bond acceptors (Lipinski definition) is 5. The molecule has 1 amide bonds. The van der Waals surface area contributed by atoms with Crippen LogP contribution in [0, 0.1) is 10.1 Å². The molecule has 0 unspecified atom stereocenters. The van der Waals surface area contributed by atoms with E-state index in [0.29, 0.717) is 4.57 Å². The lowest BCUT2D eigenvalue weighted by atomic mass is 10.0. The first-order chi connectivity index (χ1) is 13.1. The van der Waals surface area contributed by atoms with Gasteiger partial charge in [-0.3, -0.25) is 19.5 Å². The van der Waals surface area contributed by atoms with Gasteiger partial charge in [0.15, 0.2) is 0 Å². The molecule has 12 heteroatoms. The lowest BCUT2D eigenvalue weighted by Gasteiger charge is -2.31. The lowest BCUT2D eigenvalue weighted by molar-refractivity contribution is -0.384. The zero-order chi connectivity index (χ0) is 20.6. The van der Waals surface area contributed by atoms with Gasteiger partial charge in [0.05, 0.1) is 11.0 Å². The number of carbonyl (C=O) groups excluding carboxylic acids is 1. The highest BCUT2D eigenvalue weighted by molar-refractivity contribution is 5.94. The Morgan fingerprint density at radius 1 is 1.21 bits per heavy atom. The Morgan fingerprint density at radius 2 is 1.79 bits per heavy atom. The van der Waals surface area contributed by atoms with Crippen LogP contribution in [0.2, 0.25) is 0 Å². The van der Waals surface area contributed by atoms with Crippen LogP contribution in [-0.4, -0.2) is 43.2 Å². The molecule has 0 radical (unpaired) electrons. The monoisotopic (exact) mass is 399 g/mol. The highest BCUT2D eigenvalue weighted by atomic mass is 19.4. The molecule has 150 valence electrons. The highest BCUT2D eigenvalue weighted by Crippen LogP contribution is 2.28. The molecule has 3 rings (SSSR count). The number of nitro groups is 1. The average molecular weight is 399 g/mol. The second-order valence-corrected chi connectivity index (χ2v) is 6.43. The van der Waals surface area contributed by atoms with E-state index in [4.69, 9.17) is 0 Å². The molecule has 0 N–H and O–H groups in total. The number of aromatic nitrogens is 3. The van der Waals surface area contributed by atoms with E-state index in [2.05, 4.69) is 5.10 Å². The van der Waals surface area contributed by atoms with E-state index in [0.717, 1.165) is 11.7 Å². The van der Waals surface area contributed by atoms with Crippen molar-refractivity contribution in [2.45, 2.75) is 25.1 Å². The fraction of sp³-hybridized carbons (Fsp3) is 0.438. The van der Waals surface area contributed by atoms with E-state index < -0.39 is 28.7 Å². The molecule has 0 spiro atoms. The van der Waals surface area contributed by atoms with Gasteiger partial charge in [0, 0.05) is 37.8 Å². The topological polar surface area (TPSA) is 103 Å². The van der Waals surface area contributed by atoms with Crippen molar-refractivity contribution >= 4 is 11.6 Å². The van der Waals surface area contributed by atoms with Gasteiger partial charge in [0.2, 0.25) is 5.82 Å². The summed E-state index contributed by atoms with van der Waals surface area (Å²) in [5.74, 6) is -1.60. The summed E-state index contributed by atoms with van der Waals surface area (Å²) in [6, 6.07) is 4.62. The molecular weight excluding hydrogens is 383 g/mol. The summed E-state index contributed by atoms with van der Waals surface area (Å²) < 4.78 is 40.0. The van der Waals surface area contributed by atoms with Crippen LogP contribution in [0.25, 0.3) is 0 Å². The summed E-state index contributed by atoms with van der Waals surface area (Å²) in [4.78, 5) is 36.2. The summed E-state index contributed by atoms with van der Waals surface area (Å²) in [5, 5.41) is 14.1. The summed E-state index contributed by atoms with van der Waals surface area (Å²) in [6.45, 7) is 0.454. The summed E-state index contributed by atoms with van der Waals surface area (Å²) in [7, 11) is 1.02. The molecular formula is C16H16F3N5O4. The zero-order valence-corrected chi connectivity index (χ0v) is 14.7. The van der Waals surface area contributed by atoms with E-state index in [1.807, 2.05) is 0 Å². The van der Waals surface area contributed by atoms with Crippen molar-refractivity contribution in [2.75, 3.05) is 13.1 Å². The minimum Gasteiger partial charge on any atom is -0.338 e. The van der Waals surface area contributed by atoms with Crippen molar-refractivity contribution in [3.05, 3.63) is 56.3 Å². The second-order valence-electron chi connectivity index (χ2n) is 6.43. The normalized spacial score (nSPS) is 15.6. The first-order valence-electron chi connectivity index (χ1n) is 8.36. The number of non-ortho nitro benzene ring substituents is 1. The van der Waals surface area contributed by atoms with Gasteiger partial charge >= 0.3 is 11.9 Å². The third-order valence-electron chi connectivity index (χ3n) is 4.68. The van der Waals surface area contributed by atoms with Crippen LogP contribution in [0.1, 0.15) is 35.1 Å². The minimum atomic E-state index is -4.73. The third-order valence-corrected chi connectivity index (χ3v) is 4.68. The maximum Gasteiger partial charge on any atom is 0.451 e. The zero-order valence-electron chi connectivity index (χ0n) is 14.7. The van der Waals surface area contributed by atoms with Gasteiger partial charge in [0.1, 0.15) is 0 Å². The largest absolute Gasteiger partial charge is 0.451 e. The molecule has 1 aliphatic heterocycles. The molecule has 0 atom stereocenters. The number of likely N-dealkylation sites (tertiary alicyclic amines) is 1. The molecule has 1 aliphatic rings. The number of piperidine rings is 1. The number of amides is 1. The quantitative estimate of drug-likeness (QED) is 0.580. The number of carbonyl (C=O) groups is 1. The smallest absolute Gasteiger partial charge is 0.338 e. The Labute approximate surface area is 156 Å².